The lowest BCUT2D eigenvalue weighted by molar-refractivity contribution is -0.121. The third kappa shape index (κ3) is 6.04. The van der Waals surface area contributed by atoms with Gasteiger partial charge in [-0.05, 0) is 38.0 Å². The van der Waals surface area contributed by atoms with E-state index in [1.54, 1.807) is 12.1 Å². The minimum atomic E-state index is -0.381. The van der Waals surface area contributed by atoms with Gasteiger partial charge >= 0.3 is 0 Å². The Balaban J connectivity index is 1.85. The highest BCUT2D eigenvalue weighted by atomic mass is 16.3. The molecule has 0 heterocycles. The van der Waals surface area contributed by atoms with Crippen molar-refractivity contribution in [2.24, 2.45) is 0 Å². The number of aliphatic hydroxyl groups is 1. The van der Waals surface area contributed by atoms with E-state index in [0.29, 0.717) is 12.0 Å². The molecule has 0 bridgehead atoms. The fourth-order valence-corrected chi connectivity index (χ4v) is 2.71. The second kappa shape index (κ2) is 8.99. The monoisotopic (exact) mass is 340 g/mol. The molecule has 2 amide bonds. The molecule has 0 aliphatic rings. The second-order valence-electron chi connectivity index (χ2n) is 6.20. The smallest absolute Gasteiger partial charge is 0.251 e. The van der Waals surface area contributed by atoms with Crippen LogP contribution in [0.25, 0.3) is 0 Å². The van der Waals surface area contributed by atoms with E-state index in [4.69, 9.17) is 0 Å². The number of nitrogens with one attached hydrogen (secondary N) is 2. The molecule has 5 heteroatoms. The van der Waals surface area contributed by atoms with E-state index in [-0.39, 0.29) is 31.0 Å². The predicted molar refractivity (Wildman–Crippen MR) is 97.4 cm³/mol. The summed E-state index contributed by atoms with van der Waals surface area (Å²) in [5, 5.41) is 14.8. The first-order valence-electron chi connectivity index (χ1n) is 8.28. The number of aliphatic hydroxyl groups excluding tert-OH is 1. The molecule has 0 spiro atoms. The summed E-state index contributed by atoms with van der Waals surface area (Å²) in [4.78, 5) is 24.2. The zero-order chi connectivity index (χ0) is 18.2. The average Bonchev–Trinajstić information content (AvgIpc) is 2.59. The van der Waals surface area contributed by atoms with Crippen molar-refractivity contribution >= 4 is 11.8 Å². The van der Waals surface area contributed by atoms with E-state index in [2.05, 4.69) is 10.6 Å². The maximum atomic E-state index is 12.2. The van der Waals surface area contributed by atoms with Crippen molar-refractivity contribution in [3.05, 3.63) is 70.8 Å². The Hall–Kier alpha value is -2.66. The van der Waals surface area contributed by atoms with E-state index in [1.165, 1.54) is 0 Å². The normalized spacial score (nSPS) is 11.6. The molecule has 2 aromatic rings. The van der Waals surface area contributed by atoms with Gasteiger partial charge in [-0.15, -0.1) is 0 Å². The molecule has 0 radical (unpaired) electrons. The zero-order valence-corrected chi connectivity index (χ0v) is 14.6. The third-order valence-electron chi connectivity index (χ3n) is 3.80. The molecule has 0 aromatic heterocycles. The number of hydrogen-bond donors (Lipinski definition) is 3. The average molecular weight is 340 g/mol. The highest BCUT2D eigenvalue weighted by Crippen LogP contribution is 2.08. The number of aryl methyl sites for hydroxylation is 2. The molecule has 2 aromatic carbocycles. The SMILES string of the molecule is Cc1cc(C)cc(C(=O)NCC(=O)NC(CO)Cc2ccccc2)c1. The maximum absolute atomic E-state index is 12.2. The van der Waals surface area contributed by atoms with Crippen LogP contribution < -0.4 is 10.6 Å². The van der Waals surface area contributed by atoms with Crippen molar-refractivity contribution in [1.29, 1.82) is 0 Å². The Kier molecular flexibility index (Phi) is 6.71. The first-order chi connectivity index (χ1) is 12.0. The van der Waals surface area contributed by atoms with Crippen LogP contribution in [-0.4, -0.2) is 36.1 Å². The molecule has 0 aliphatic heterocycles. The highest BCUT2D eigenvalue weighted by Gasteiger charge is 2.14. The first kappa shape index (κ1) is 18.7. The molecular weight excluding hydrogens is 316 g/mol. The molecule has 132 valence electrons. The van der Waals surface area contributed by atoms with Gasteiger partial charge in [-0.1, -0.05) is 47.5 Å². The largest absolute Gasteiger partial charge is 0.394 e. The molecule has 5 nitrogen and oxygen atoms in total. The Morgan fingerprint density at radius 2 is 1.68 bits per heavy atom. The molecule has 0 saturated carbocycles. The Morgan fingerprint density at radius 3 is 2.28 bits per heavy atom. The van der Waals surface area contributed by atoms with Gasteiger partial charge in [0.1, 0.15) is 0 Å². The number of rotatable bonds is 7. The summed E-state index contributed by atoms with van der Waals surface area (Å²) in [6.45, 7) is 3.56. The molecule has 3 N–H and O–H groups in total. The summed E-state index contributed by atoms with van der Waals surface area (Å²) in [6.07, 6.45) is 0.536. The van der Waals surface area contributed by atoms with Gasteiger partial charge in [-0.25, -0.2) is 0 Å². The minimum absolute atomic E-state index is 0.128. The summed E-state index contributed by atoms with van der Waals surface area (Å²) in [5.41, 5.74) is 3.56. The summed E-state index contributed by atoms with van der Waals surface area (Å²) in [6, 6.07) is 14.8. The van der Waals surface area contributed by atoms with Gasteiger partial charge in [-0.2, -0.15) is 0 Å². The van der Waals surface area contributed by atoms with Gasteiger partial charge < -0.3 is 15.7 Å². The fourth-order valence-electron chi connectivity index (χ4n) is 2.71. The summed E-state index contributed by atoms with van der Waals surface area (Å²) < 4.78 is 0. The molecular formula is C20H24N2O3. The Labute approximate surface area is 148 Å². The molecule has 0 aliphatic carbocycles. The standard InChI is InChI=1S/C20H24N2O3/c1-14-8-15(2)10-17(9-14)20(25)21-12-19(24)22-18(13-23)11-16-6-4-3-5-7-16/h3-10,18,23H,11-13H2,1-2H3,(H,21,25)(H,22,24). The van der Waals surface area contributed by atoms with Crippen LogP contribution in [0.3, 0.4) is 0 Å². The van der Waals surface area contributed by atoms with E-state index in [9.17, 15) is 14.7 Å². The Bertz CT molecular complexity index is 709. The van der Waals surface area contributed by atoms with Crippen molar-refractivity contribution in [2.75, 3.05) is 13.2 Å². The summed E-state index contributed by atoms with van der Waals surface area (Å²) in [7, 11) is 0. The molecule has 0 fully saturated rings. The lowest BCUT2D eigenvalue weighted by Gasteiger charge is -2.16. The van der Waals surface area contributed by atoms with Crippen molar-refractivity contribution < 1.29 is 14.7 Å². The molecule has 1 atom stereocenters. The second-order valence-corrected chi connectivity index (χ2v) is 6.20. The summed E-state index contributed by atoms with van der Waals surface area (Å²) in [5.74, 6) is -0.613. The highest BCUT2D eigenvalue weighted by molar-refractivity contribution is 5.96. The van der Waals surface area contributed by atoms with Crippen molar-refractivity contribution in [2.45, 2.75) is 26.3 Å². The number of carbonyl (C=O) groups is 2. The van der Waals surface area contributed by atoms with Gasteiger partial charge in [0, 0.05) is 5.56 Å². The molecule has 2 rings (SSSR count). The van der Waals surface area contributed by atoms with Crippen LogP contribution in [0.15, 0.2) is 48.5 Å². The van der Waals surface area contributed by atoms with E-state index < -0.39 is 0 Å². The van der Waals surface area contributed by atoms with Crippen LogP contribution in [0, 0.1) is 13.8 Å². The summed E-state index contributed by atoms with van der Waals surface area (Å²) >= 11 is 0. The van der Waals surface area contributed by atoms with Crippen LogP contribution in [0.2, 0.25) is 0 Å². The lowest BCUT2D eigenvalue weighted by atomic mass is 10.1. The Morgan fingerprint density at radius 1 is 1.04 bits per heavy atom. The van der Waals surface area contributed by atoms with Gasteiger partial charge in [0.15, 0.2) is 0 Å². The van der Waals surface area contributed by atoms with Crippen LogP contribution in [0.5, 0.6) is 0 Å². The number of amides is 2. The minimum Gasteiger partial charge on any atom is -0.394 e. The quantitative estimate of drug-likeness (QED) is 0.718. The van der Waals surface area contributed by atoms with Crippen molar-refractivity contribution in [3.8, 4) is 0 Å². The number of benzene rings is 2. The van der Waals surface area contributed by atoms with Crippen LogP contribution in [0.1, 0.15) is 27.0 Å². The van der Waals surface area contributed by atoms with E-state index >= 15 is 0 Å². The maximum Gasteiger partial charge on any atom is 0.251 e. The van der Waals surface area contributed by atoms with E-state index in [1.807, 2.05) is 50.2 Å². The zero-order valence-electron chi connectivity index (χ0n) is 14.6. The third-order valence-corrected chi connectivity index (χ3v) is 3.80. The fraction of sp³-hybridized carbons (Fsp3) is 0.300. The van der Waals surface area contributed by atoms with Gasteiger partial charge in [0.2, 0.25) is 5.91 Å². The molecule has 0 saturated heterocycles. The molecule has 1 unspecified atom stereocenters. The van der Waals surface area contributed by atoms with Gasteiger partial charge in [0.05, 0.1) is 19.2 Å². The number of hydrogen-bond acceptors (Lipinski definition) is 3. The molecule has 25 heavy (non-hydrogen) atoms. The topological polar surface area (TPSA) is 78.4 Å². The van der Waals surface area contributed by atoms with Crippen molar-refractivity contribution in [1.82, 2.24) is 10.6 Å². The lowest BCUT2D eigenvalue weighted by Crippen LogP contribution is -2.44. The van der Waals surface area contributed by atoms with E-state index in [0.717, 1.165) is 16.7 Å². The van der Waals surface area contributed by atoms with Crippen LogP contribution in [0.4, 0.5) is 0 Å². The van der Waals surface area contributed by atoms with Gasteiger partial charge in [0.25, 0.3) is 5.91 Å². The van der Waals surface area contributed by atoms with Crippen LogP contribution >= 0.6 is 0 Å². The number of carbonyl (C=O) groups excluding carboxylic acids is 2. The first-order valence-corrected chi connectivity index (χ1v) is 8.28. The van der Waals surface area contributed by atoms with Gasteiger partial charge in [-0.3, -0.25) is 9.59 Å². The van der Waals surface area contributed by atoms with Crippen LogP contribution in [-0.2, 0) is 11.2 Å². The van der Waals surface area contributed by atoms with Crippen molar-refractivity contribution in [3.63, 3.8) is 0 Å². The predicted octanol–water partition coefficient (Wildman–Crippen LogP) is 1.75.